The molecule has 0 unspecified atom stereocenters. The van der Waals surface area contributed by atoms with Crippen LogP contribution in [0.5, 0.6) is 0 Å². The molecule has 0 aliphatic heterocycles. The maximum atomic E-state index is 5.88. The molecule has 1 aliphatic carbocycles. The Morgan fingerprint density at radius 1 is 0.655 bits per heavy atom. The molecule has 1 aliphatic rings. The predicted octanol–water partition coefficient (Wildman–Crippen LogP) is 5.58. The maximum Gasteiger partial charge on any atom is 0.0700 e. The van der Waals surface area contributed by atoms with Gasteiger partial charge in [-0.15, -0.1) is 0 Å². The van der Waals surface area contributed by atoms with Crippen molar-refractivity contribution in [1.82, 2.24) is 0 Å². The van der Waals surface area contributed by atoms with Crippen LogP contribution in [-0.2, 0) is 24.4 Å². The van der Waals surface area contributed by atoms with Gasteiger partial charge in [-0.25, -0.2) is 0 Å². The summed E-state index contributed by atoms with van der Waals surface area (Å²) in [5.41, 5.74) is 5.12. The SMILES string of the molecule is COCCOCCC1(CCOCCOC)c2ccc(Br)cc2-c2cc(Br)ccc21. The van der Waals surface area contributed by atoms with Crippen molar-refractivity contribution < 1.29 is 18.9 Å². The summed E-state index contributed by atoms with van der Waals surface area (Å²) in [7, 11) is 3.39. The molecule has 0 bridgehead atoms. The molecule has 0 amide bonds. The van der Waals surface area contributed by atoms with E-state index in [1.54, 1.807) is 14.2 Å². The highest BCUT2D eigenvalue weighted by atomic mass is 79.9. The van der Waals surface area contributed by atoms with Crippen LogP contribution in [0.25, 0.3) is 11.1 Å². The van der Waals surface area contributed by atoms with Gasteiger partial charge in [0, 0.05) is 41.8 Å². The first-order valence-electron chi connectivity index (χ1n) is 9.86. The Bertz CT molecular complexity index is 742. The van der Waals surface area contributed by atoms with Crippen molar-refractivity contribution in [3.63, 3.8) is 0 Å². The molecule has 6 heteroatoms. The minimum Gasteiger partial charge on any atom is -0.382 e. The third kappa shape index (κ3) is 5.30. The third-order valence-corrected chi connectivity index (χ3v) is 6.48. The maximum absolute atomic E-state index is 5.88. The summed E-state index contributed by atoms with van der Waals surface area (Å²) >= 11 is 7.29. The van der Waals surface area contributed by atoms with E-state index in [1.165, 1.54) is 22.3 Å². The Morgan fingerprint density at radius 2 is 1.10 bits per heavy atom. The zero-order valence-electron chi connectivity index (χ0n) is 17.0. The summed E-state index contributed by atoms with van der Waals surface area (Å²) in [4.78, 5) is 0. The number of ether oxygens (including phenoxy) is 4. The van der Waals surface area contributed by atoms with E-state index in [2.05, 4.69) is 68.3 Å². The number of rotatable bonds is 12. The van der Waals surface area contributed by atoms with Crippen LogP contribution < -0.4 is 0 Å². The minimum absolute atomic E-state index is 0.133. The van der Waals surface area contributed by atoms with Gasteiger partial charge in [0.25, 0.3) is 0 Å². The fourth-order valence-electron chi connectivity index (χ4n) is 4.10. The average molecular weight is 528 g/mol. The van der Waals surface area contributed by atoms with E-state index in [0.717, 1.165) is 21.8 Å². The fourth-order valence-corrected chi connectivity index (χ4v) is 4.83. The van der Waals surface area contributed by atoms with Gasteiger partial charge >= 0.3 is 0 Å². The van der Waals surface area contributed by atoms with Crippen molar-refractivity contribution in [2.45, 2.75) is 18.3 Å². The molecule has 4 nitrogen and oxygen atoms in total. The molecule has 158 valence electrons. The Labute approximate surface area is 190 Å². The van der Waals surface area contributed by atoms with Crippen LogP contribution in [0.3, 0.4) is 0 Å². The van der Waals surface area contributed by atoms with Crippen LogP contribution in [0.4, 0.5) is 0 Å². The molecule has 29 heavy (non-hydrogen) atoms. The normalized spacial score (nSPS) is 14.1. The van der Waals surface area contributed by atoms with Crippen LogP contribution in [0.2, 0.25) is 0 Å². The highest BCUT2D eigenvalue weighted by Crippen LogP contribution is 2.53. The number of methoxy groups -OCH3 is 2. The first-order valence-corrected chi connectivity index (χ1v) is 11.4. The van der Waals surface area contributed by atoms with Crippen molar-refractivity contribution in [2.24, 2.45) is 0 Å². The van der Waals surface area contributed by atoms with E-state index >= 15 is 0 Å². The van der Waals surface area contributed by atoms with Gasteiger partial charge in [0.1, 0.15) is 0 Å². The molecule has 0 radical (unpaired) electrons. The summed E-state index contributed by atoms with van der Waals surface area (Å²) in [6.07, 6.45) is 1.79. The van der Waals surface area contributed by atoms with Gasteiger partial charge in [-0.05, 0) is 59.4 Å². The van der Waals surface area contributed by atoms with Crippen molar-refractivity contribution in [1.29, 1.82) is 0 Å². The fraction of sp³-hybridized carbons (Fsp3) is 0.478. The van der Waals surface area contributed by atoms with Crippen molar-refractivity contribution in [2.75, 3.05) is 53.9 Å². The van der Waals surface area contributed by atoms with E-state index < -0.39 is 0 Å². The van der Waals surface area contributed by atoms with Gasteiger partial charge < -0.3 is 18.9 Å². The van der Waals surface area contributed by atoms with E-state index in [-0.39, 0.29) is 5.41 Å². The van der Waals surface area contributed by atoms with Gasteiger partial charge in [0.15, 0.2) is 0 Å². The van der Waals surface area contributed by atoms with Gasteiger partial charge in [0.05, 0.1) is 26.4 Å². The molecule has 0 fully saturated rings. The molecule has 0 saturated heterocycles. The Hall–Kier alpha value is -0.760. The summed E-state index contributed by atoms with van der Waals surface area (Å²) in [5.74, 6) is 0. The molecule has 2 aromatic carbocycles. The summed E-state index contributed by atoms with van der Waals surface area (Å²) in [5, 5.41) is 0. The average Bonchev–Trinajstić information content (AvgIpc) is 2.96. The standard InChI is InChI=1S/C23H28Br2O4/c1-26-11-13-28-9-7-23(8-10-29-14-12-27-2)21-5-3-17(24)15-19(21)20-16-18(25)4-6-22(20)23/h3-6,15-16H,7-14H2,1-2H3. The first kappa shape index (κ1) is 22.9. The van der Waals surface area contributed by atoms with Gasteiger partial charge in [-0.3, -0.25) is 0 Å². The lowest BCUT2D eigenvalue weighted by Gasteiger charge is -2.32. The number of hydrogen-bond acceptors (Lipinski definition) is 4. The lowest BCUT2D eigenvalue weighted by molar-refractivity contribution is 0.0491. The molecule has 0 spiro atoms. The second kappa shape index (κ2) is 11.0. The van der Waals surface area contributed by atoms with Crippen LogP contribution in [0.15, 0.2) is 45.3 Å². The lowest BCUT2D eigenvalue weighted by Crippen LogP contribution is -2.29. The second-order valence-electron chi connectivity index (χ2n) is 7.17. The highest BCUT2D eigenvalue weighted by Gasteiger charge is 2.42. The zero-order valence-corrected chi connectivity index (χ0v) is 20.2. The summed E-state index contributed by atoms with van der Waals surface area (Å²) in [6, 6.07) is 13.2. The molecule has 3 rings (SSSR count). The highest BCUT2D eigenvalue weighted by molar-refractivity contribution is 9.10. The van der Waals surface area contributed by atoms with Crippen LogP contribution in [-0.4, -0.2) is 53.9 Å². The predicted molar refractivity (Wildman–Crippen MR) is 123 cm³/mol. The van der Waals surface area contributed by atoms with E-state index in [0.29, 0.717) is 39.6 Å². The number of hydrogen-bond donors (Lipinski definition) is 0. The molecule has 0 saturated carbocycles. The number of benzene rings is 2. The first-order chi connectivity index (χ1) is 14.1. The molecular formula is C23H28Br2O4. The van der Waals surface area contributed by atoms with E-state index in [1.807, 2.05) is 0 Å². The van der Waals surface area contributed by atoms with Gasteiger partial charge in [0.2, 0.25) is 0 Å². The molecular weight excluding hydrogens is 500 g/mol. The Morgan fingerprint density at radius 3 is 1.52 bits per heavy atom. The molecule has 0 atom stereocenters. The lowest BCUT2D eigenvalue weighted by atomic mass is 9.73. The summed E-state index contributed by atoms with van der Waals surface area (Å²) in [6.45, 7) is 3.79. The minimum atomic E-state index is -0.133. The van der Waals surface area contributed by atoms with Gasteiger partial charge in [-0.2, -0.15) is 0 Å². The van der Waals surface area contributed by atoms with Crippen molar-refractivity contribution in [3.05, 3.63) is 56.5 Å². The van der Waals surface area contributed by atoms with E-state index in [9.17, 15) is 0 Å². The van der Waals surface area contributed by atoms with E-state index in [4.69, 9.17) is 18.9 Å². The van der Waals surface area contributed by atoms with Crippen LogP contribution in [0.1, 0.15) is 24.0 Å². The van der Waals surface area contributed by atoms with Crippen molar-refractivity contribution >= 4 is 31.9 Å². The Kier molecular flexibility index (Phi) is 8.71. The number of halogens is 2. The monoisotopic (exact) mass is 526 g/mol. The largest absolute Gasteiger partial charge is 0.382 e. The quantitative estimate of drug-likeness (QED) is 0.337. The zero-order chi connectivity index (χ0) is 20.7. The molecule has 0 N–H and O–H groups in total. The smallest absolute Gasteiger partial charge is 0.0700 e. The summed E-state index contributed by atoms with van der Waals surface area (Å²) < 4.78 is 24.2. The Balaban J connectivity index is 1.92. The molecule has 0 aromatic heterocycles. The third-order valence-electron chi connectivity index (χ3n) is 5.49. The van der Waals surface area contributed by atoms with Gasteiger partial charge in [-0.1, -0.05) is 44.0 Å². The molecule has 2 aromatic rings. The second-order valence-corrected chi connectivity index (χ2v) is 9.00. The topological polar surface area (TPSA) is 36.9 Å². The van der Waals surface area contributed by atoms with Crippen LogP contribution >= 0.6 is 31.9 Å². The van der Waals surface area contributed by atoms with Crippen LogP contribution in [0, 0.1) is 0 Å². The number of fused-ring (bicyclic) bond motifs is 3. The van der Waals surface area contributed by atoms with Crippen molar-refractivity contribution in [3.8, 4) is 11.1 Å². The molecule has 0 heterocycles.